The van der Waals surface area contributed by atoms with Gasteiger partial charge in [0.2, 0.25) is 11.6 Å². The summed E-state index contributed by atoms with van der Waals surface area (Å²) in [7, 11) is 0. The molecule has 6 nitrogen and oxygen atoms in total. The van der Waals surface area contributed by atoms with Crippen LogP contribution in [0.5, 0.6) is 11.5 Å². The highest BCUT2D eigenvalue weighted by atomic mass is 35.5. The first-order valence-electron chi connectivity index (χ1n) is 10.6. The average Bonchev–Trinajstić information content (AvgIpc) is 3.13. The first-order valence-corrected chi connectivity index (χ1v) is 11.4. The summed E-state index contributed by atoms with van der Waals surface area (Å²) in [4.78, 5) is 12.9. The minimum Gasteiger partial charge on any atom is -0.449 e. The molecule has 5 rings (SSSR count). The molecule has 0 saturated carbocycles. The zero-order valence-corrected chi connectivity index (χ0v) is 20.2. The second-order valence-electron chi connectivity index (χ2n) is 8.22. The van der Waals surface area contributed by atoms with E-state index < -0.39 is 11.9 Å². The van der Waals surface area contributed by atoms with Gasteiger partial charge in [-0.15, -0.1) is 0 Å². The van der Waals surface area contributed by atoms with Gasteiger partial charge in [-0.3, -0.25) is 0 Å². The number of rotatable bonds is 3. The van der Waals surface area contributed by atoms with Crippen LogP contribution in [0.15, 0.2) is 70.5 Å². The van der Waals surface area contributed by atoms with E-state index in [0.29, 0.717) is 32.5 Å². The van der Waals surface area contributed by atoms with Crippen LogP contribution in [-0.2, 0) is 0 Å². The molecular formula is C27H18Cl2N2O4. The number of carbonyl (C=O) groups is 1. The van der Waals surface area contributed by atoms with E-state index in [-0.39, 0.29) is 23.0 Å². The molecule has 0 fully saturated rings. The number of allylic oxidation sites excluding steroid dienone is 1. The Kier molecular flexibility index (Phi) is 5.68. The lowest BCUT2D eigenvalue weighted by Gasteiger charge is -2.26. The minimum absolute atomic E-state index is 0.0196. The number of hydrogen-bond acceptors (Lipinski definition) is 6. The Labute approximate surface area is 211 Å². The standard InChI is InChI=1S/C27H18Cl2N2O4/c1-13-8-22-19(11-21(13)29)14(2)25(34-22)27(32)33-17-6-7-18-23(10-17)35-26(31)20(12-30)24(18)15-4-3-5-16(28)9-15/h3-11,24H,31H2,1-2H3. The topological polar surface area (TPSA) is 98.5 Å². The van der Waals surface area contributed by atoms with E-state index in [9.17, 15) is 10.1 Å². The predicted molar refractivity (Wildman–Crippen MR) is 133 cm³/mol. The van der Waals surface area contributed by atoms with Crippen molar-refractivity contribution in [2.24, 2.45) is 5.73 Å². The van der Waals surface area contributed by atoms with Crippen LogP contribution < -0.4 is 15.2 Å². The number of hydrogen-bond donors (Lipinski definition) is 1. The summed E-state index contributed by atoms with van der Waals surface area (Å²) in [5, 5.41) is 11.6. The Hall–Kier alpha value is -3.92. The van der Waals surface area contributed by atoms with Crippen molar-refractivity contribution in [3.63, 3.8) is 0 Å². The van der Waals surface area contributed by atoms with E-state index in [1.54, 1.807) is 55.5 Å². The zero-order chi connectivity index (χ0) is 24.9. The lowest BCUT2D eigenvalue weighted by Crippen LogP contribution is -2.21. The second kappa shape index (κ2) is 8.70. The first-order chi connectivity index (χ1) is 16.8. The van der Waals surface area contributed by atoms with Gasteiger partial charge in [-0.1, -0.05) is 41.4 Å². The Balaban J connectivity index is 1.50. The van der Waals surface area contributed by atoms with E-state index in [1.165, 1.54) is 0 Å². The van der Waals surface area contributed by atoms with Gasteiger partial charge in [-0.25, -0.2) is 4.79 Å². The van der Waals surface area contributed by atoms with Crippen molar-refractivity contribution in [2.75, 3.05) is 0 Å². The van der Waals surface area contributed by atoms with Crippen LogP contribution in [-0.4, -0.2) is 5.97 Å². The van der Waals surface area contributed by atoms with Gasteiger partial charge in [0.1, 0.15) is 28.7 Å². The number of aryl methyl sites for hydroxylation is 2. The van der Waals surface area contributed by atoms with E-state index in [1.807, 2.05) is 13.0 Å². The Morgan fingerprint density at radius 1 is 1.11 bits per heavy atom. The molecule has 2 N–H and O–H groups in total. The van der Waals surface area contributed by atoms with Crippen LogP contribution in [0.2, 0.25) is 10.0 Å². The van der Waals surface area contributed by atoms with E-state index in [4.69, 9.17) is 42.8 Å². The van der Waals surface area contributed by atoms with Crippen molar-refractivity contribution in [2.45, 2.75) is 19.8 Å². The monoisotopic (exact) mass is 504 g/mol. The fourth-order valence-electron chi connectivity index (χ4n) is 4.22. The first kappa shape index (κ1) is 22.9. The minimum atomic E-state index is -0.657. The van der Waals surface area contributed by atoms with Gasteiger partial charge in [-0.2, -0.15) is 5.26 Å². The molecule has 3 aromatic carbocycles. The third-order valence-electron chi connectivity index (χ3n) is 5.99. The zero-order valence-electron chi connectivity index (χ0n) is 18.7. The maximum Gasteiger partial charge on any atom is 0.379 e. The summed E-state index contributed by atoms with van der Waals surface area (Å²) in [6, 6.07) is 17.8. The number of nitrogens with zero attached hydrogens (tertiary/aromatic N) is 1. The maximum absolute atomic E-state index is 12.9. The van der Waals surface area contributed by atoms with Crippen molar-refractivity contribution in [3.05, 3.63) is 104 Å². The SMILES string of the molecule is Cc1cc2oc(C(=O)Oc3ccc4c(c3)OC(N)=C(C#N)C4c3cccc(Cl)c3)c(C)c2cc1Cl. The fraction of sp³-hybridized carbons (Fsp3) is 0.111. The van der Waals surface area contributed by atoms with Crippen LogP contribution in [0.3, 0.4) is 0 Å². The molecule has 1 aliphatic rings. The van der Waals surface area contributed by atoms with Crippen molar-refractivity contribution >= 4 is 40.1 Å². The summed E-state index contributed by atoms with van der Waals surface area (Å²) in [6.07, 6.45) is 0. The van der Waals surface area contributed by atoms with Gasteiger partial charge >= 0.3 is 5.97 Å². The Morgan fingerprint density at radius 2 is 1.91 bits per heavy atom. The summed E-state index contributed by atoms with van der Waals surface area (Å²) in [5.74, 6) is -0.452. The van der Waals surface area contributed by atoms with Crippen LogP contribution in [0, 0.1) is 25.2 Å². The maximum atomic E-state index is 12.9. The Morgan fingerprint density at radius 3 is 2.66 bits per heavy atom. The Bertz CT molecular complexity index is 1600. The molecule has 0 radical (unpaired) electrons. The molecule has 1 aromatic heterocycles. The number of nitriles is 1. The average molecular weight is 505 g/mol. The number of esters is 1. The number of ether oxygens (including phenoxy) is 2. The highest BCUT2D eigenvalue weighted by molar-refractivity contribution is 6.32. The fourth-order valence-corrected chi connectivity index (χ4v) is 4.58. The summed E-state index contributed by atoms with van der Waals surface area (Å²) in [6.45, 7) is 3.63. The van der Waals surface area contributed by atoms with Crippen LogP contribution >= 0.6 is 23.2 Å². The molecule has 1 atom stereocenters. The molecule has 2 heterocycles. The molecule has 4 aromatic rings. The van der Waals surface area contributed by atoms with Crippen molar-refractivity contribution < 1.29 is 18.7 Å². The molecule has 0 amide bonds. The molecule has 174 valence electrons. The van der Waals surface area contributed by atoms with Crippen molar-refractivity contribution in [1.29, 1.82) is 5.26 Å². The van der Waals surface area contributed by atoms with Gasteiger partial charge in [0, 0.05) is 32.6 Å². The van der Waals surface area contributed by atoms with Gasteiger partial charge in [0.25, 0.3) is 0 Å². The highest BCUT2D eigenvalue weighted by Crippen LogP contribution is 2.44. The number of halogens is 2. The number of furan rings is 1. The predicted octanol–water partition coefficient (Wildman–Crippen LogP) is 6.79. The van der Waals surface area contributed by atoms with Crippen LogP contribution in [0.4, 0.5) is 0 Å². The van der Waals surface area contributed by atoms with Crippen LogP contribution in [0.1, 0.15) is 38.7 Å². The number of fused-ring (bicyclic) bond motifs is 2. The molecule has 8 heteroatoms. The number of benzene rings is 3. The van der Waals surface area contributed by atoms with Crippen molar-refractivity contribution in [1.82, 2.24) is 0 Å². The second-order valence-corrected chi connectivity index (χ2v) is 9.07. The van der Waals surface area contributed by atoms with Gasteiger partial charge in [0.15, 0.2) is 0 Å². The molecule has 35 heavy (non-hydrogen) atoms. The quantitative estimate of drug-likeness (QED) is 0.243. The molecule has 0 spiro atoms. The third-order valence-corrected chi connectivity index (χ3v) is 6.63. The molecular weight excluding hydrogens is 487 g/mol. The van der Waals surface area contributed by atoms with E-state index >= 15 is 0 Å². The van der Waals surface area contributed by atoms with E-state index in [2.05, 4.69) is 6.07 Å². The van der Waals surface area contributed by atoms with Crippen LogP contribution in [0.25, 0.3) is 11.0 Å². The largest absolute Gasteiger partial charge is 0.449 e. The normalized spacial score (nSPS) is 14.9. The van der Waals surface area contributed by atoms with Gasteiger partial charge in [0.05, 0.1) is 5.92 Å². The number of carbonyl (C=O) groups excluding carboxylic acids is 1. The smallest absolute Gasteiger partial charge is 0.379 e. The van der Waals surface area contributed by atoms with Gasteiger partial charge < -0.3 is 19.6 Å². The lowest BCUT2D eigenvalue weighted by molar-refractivity contribution is 0.0702. The molecule has 0 saturated heterocycles. The molecule has 1 unspecified atom stereocenters. The van der Waals surface area contributed by atoms with E-state index in [0.717, 1.165) is 16.5 Å². The summed E-state index contributed by atoms with van der Waals surface area (Å²) >= 11 is 12.4. The molecule has 0 bridgehead atoms. The summed E-state index contributed by atoms with van der Waals surface area (Å²) in [5.41, 5.74) is 9.86. The number of nitrogens with two attached hydrogens (primary N) is 1. The molecule has 0 aliphatic carbocycles. The third kappa shape index (κ3) is 3.99. The summed E-state index contributed by atoms with van der Waals surface area (Å²) < 4.78 is 17.1. The lowest BCUT2D eigenvalue weighted by atomic mass is 9.83. The van der Waals surface area contributed by atoms with Crippen molar-refractivity contribution in [3.8, 4) is 17.6 Å². The van der Waals surface area contributed by atoms with Gasteiger partial charge in [-0.05, 0) is 55.3 Å². The highest BCUT2D eigenvalue weighted by Gasteiger charge is 2.31. The molecule has 1 aliphatic heterocycles.